The summed E-state index contributed by atoms with van der Waals surface area (Å²) in [6, 6.07) is 7.52. The van der Waals surface area contributed by atoms with Crippen LogP contribution in [0.4, 0.5) is 5.69 Å². The molecule has 3 N–H and O–H groups in total. The van der Waals surface area contributed by atoms with E-state index in [4.69, 9.17) is 10.5 Å². The van der Waals surface area contributed by atoms with Crippen molar-refractivity contribution in [2.24, 2.45) is 5.92 Å². The number of nitrogens with one attached hydrogen (secondary N) is 1. The lowest BCUT2D eigenvalue weighted by atomic mass is 10.0. The molecule has 4 nitrogen and oxygen atoms in total. The maximum atomic E-state index is 12.1. The fraction of sp³-hybridized carbons (Fsp3) is 0.500. The topological polar surface area (TPSA) is 64.4 Å². The van der Waals surface area contributed by atoms with Crippen LogP contribution in [-0.4, -0.2) is 18.6 Å². The van der Waals surface area contributed by atoms with E-state index in [1.807, 2.05) is 38.1 Å². The van der Waals surface area contributed by atoms with Crippen LogP contribution in [0.15, 0.2) is 24.3 Å². The Morgan fingerprint density at radius 3 is 2.83 bits per heavy atom. The van der Waals surface area contributed by atoms with Gasteiger partial charge in [0, 0.05) is 5.69 Å². The number of anilines is 1. The quantitative estimate of drug-likeness (QED) is 0.803. The monoisotopic (exact) mass is 248 g/mol. The second kappa shape index (κ2) is 5.40. The lowest BCUT2D eigenvalue weighted by Gasteiger charge is -2.18. The highest BCUT2D eigenvalue weighted by atomic mass is 16.5. The van der Waals surface area contributed by atoms with Crippen LogP contribution >= 0.6 is 0 Å². The zero-order chi connectivity index (χ0) is 13.1. The van der Waals surface area contributed by atoms with Gasteiger partial charge in [0.15, 0.2) is 0 Å². The SMILES string of the molecule is CC1CC(C(=O)NC(C)c2ccccc2N)CO1. The minimum atomic E-state index is -0.0744. The molecule has 1 saturated heterocycles. The summed E-state index contributed by atoms with van der Waals surface area (Å²) in [6.45, 7) is 4.46. The molecule has 1 aromatic rings. The number of hydrogen-bond acceptors (Lipinski definition) is 3. The Balaban J connectivity index is 1.97. The Bertz CT molecular complexity index is 434. The van der Waals surface area contributed by atoms with Crippen molar-refractivity contribution >= 4 is 11.6 Å². The van der Waals surface area contributed by atoms with Crippen LogP contribution in [0, 0.1) is 5.92 Å². The molecule has 1 heterocycles. The zero-order valence-electron chi connectivity index (χ0n) is 10.8. The van der Waals surface area contributed by atoms with Crippen LogP contribution in [0.25, 0.3) is 0 Å². The highest BCUT2D eigenvalue weighted by Crippen LogP contribution is 2.23. The molecule has 1 aromatic carbocycles. The molecule has 0 bridgehead atoms. The number of hydrogen-bond donors (Lipinski definition) is 2. The molecule has 0 saturated carbocycles. The predicted molar refractivity (Wildman–Crippen MR) is 70.9 cm³/mol. The molecule has 3 atom stereocenters. The lowest BCUT2D eigenvalue weighted by molar-refractivity contribution is -0.125. The summed E-state index contributed by atoms with van der Waals surface area (Å²) in [5.41, 5.74) is 7.56. The number of amides is 1. The summed E-state index contributed by atoms with van der Waals surface area (Å²) in [7, 11) is 0. The number of carbonyl (C=O) groups excluding carboxylic acids is 1. The molecule has 0 radical (unpaired) electrons. The zero-order valence-corrected chi connectivity index (χ0v) is 10.8. The van der Waals surface area contributed by atoms with Crippen LogP contribution in [0.2, 0.25) is 0 Å². The van der Waals surface area contributed by atoms with Gasteiger partial charge in [0.25, 0.3) is 0 Å². The van der Waals surface area contributed by atoms with Crippen molar-refractivity contribution < 1.29 is 9.53 Å². The maximum absolute atomic E-state index is 12.1. The molecule has 3 unspecified atom stereocenters. The first-order chi connectivity index (χ1) is 8.58. The molecule has 2 rings (SSSR count). The van der Waals surface area contributed by atoms with E-state index >= 15 is 0 Å². The van der Waals surface area contributed by atoms with Crippen molar-refractivity contribution in [2.45, 2.75) is 32.4 Å². The van der Waals surface area contributed by atoms with Crippen molar-refractivity contribution in [3.63, 3.8) is 0 Å². The van der Waals surface area contributed by atoms with Crippen molar-refractivity contribution in [1.29, 1.82) is 0 Å². The normalized spacial score (nSPS) is 24.8. The fourth-order valence-electron chi connectivity index (χ4n) is 2.31. The third kappa shape index (κ3) is 2.82. The first-order valence-corrected chi connectivity index (χ1v) is 6.34. The van der Waals surface area contributed by atoms with E-state index in [0.29, 0.717) is 12.3 Å². The van der Waals surface area contributed by atoms with Crippen molar-refractivity contribution in [3.05, 3.63) is 29.8 Å². The van der Waals surface area contributed by atoms with Crippen LogP contribution in [0.3, 0.4) is 0 Å². The second-order valence-corrected chi connectivity index (χ2v) is 4.94. The Morgan fingerprint density at radius 1 is 1.50 bits per heavy atom. The number of ether oxygens (including phenoxy) is 1. The summed E-state index contributed by atoms with van der Waals surface area (Å²) in [5, 5.41) is 3.00. The second-order valence-electron chi connectivity index (χ2n) is 4.94. The fourth-order valence-corrected chi connectivity index (χ4v) is 2.31. The molecule has 0 spiro atoms. The van der Waals surface area contributed by atoms with Crippen LogP contribution < -0.4 is 11.1 Å². The van der Waals surface area contributed by atoms with Gasteiger partial charge in [-0.05, 0) is 31.9 Å². The highest BCUT2D eigenvalue weighted by molar-refractivity contribution is 5.79. The standard InChI is InChI=1S/C14H20N2O2/c1-9-7-11(8-18-9)14(17)16-10(2)12-5-3-4-6-13(12)15/h3-6,9-11H,7-8,15H2,1-2H3,(H,16,17). The Labute approximate surface area is 108 Å². The van der Waals surface area contributed by atoms with Gasteiger partial charge in [0.1, 0.15) is 0 Å². The van der Waals surface area contributed by atoms with E-state index in [9.17, 15) is 4.79 Å². The molecule has 1 aliphatic heterocycles. The molecule has 1 fully saturated rings. The average molecular weight is 248 g/mol. The summed E-state index contributed by atoms with van der Waals surface area (Å²) in [5.74, 6) is 0.0162. The van der Waals surface area contributed by atoms with Gasteiger partial charge in [-0.15, -0.1) is 0 Å². The van der Waals surface area contributed by atoms with E-state index in [0.717, 1.165) is 12.0 Å². The number of para-hydroxylation sites is 1. The van der Waals surface area contributed by atoms with Gasteiger partial charge in [0.05, 0.1) is 24.7 Å². The number of rotatable bonds is 3. The lowest BCUT2D eigenvalue weighted by Crippen LogP contribution is -2.33. The summed E-state index contributed by atoms with van der Waals surface area (Å²) in [4.78, 5) is 12.1. The Morgan fingerprint density at radius 2 is 2.22 bits per heavy atom. The minimum Gasteiger partial charge on any atom is -0.398 e. The Hall–Kier alpha value is -1.55. The molecule has 98 valence electrons. The highest BCUT2D eigenvalue weighted by Gasteiger charge is 2.29. The summed E-state index contributed by atoms with van der Waals surface area (Å²) < 4.78 is 5.41. The molecule has 0 aromatic heterocycles. The molecular formula is C14H20N2O2. The van der Waals surface area contributed by atoms with Crippen molar-refractivity contribution in [2.75, 3.05) is 12.3 Å². The minimum absolute atomic E-state index is 0.0348. The van der Waals surface area contributed by atoms with Crippen LogP contribution in [-0.2, 0) is 9.53 Å². The van der Waals surface area contributed by atoms with E-state index < -0.39 is 0 Å². The molecule has 1 aliphatic rings. The first-order valence-electron chi connectivity index (χ1n) is 6.34. The predicted octanol–water partition coefficient (Wildman–Crippen LogP) is 1.87. The third-order valence-electron chi connectivity index (χ3n) is 3.39. The number of carbonyl (C=O) groups is 1. The van der Waals surface area contributed by atoms with E-state index in [1.54, 1.807) is 0 Å². The molecule has 0 aliphatic carbocycles. The molecule has 1 amide bonds. The summed E-state index contributed by atoms with van der Waals surface area (Å²) in [6.07, 6.45) is 0.973. The smallest absolute Gasteiger partial charge is 0.226 e. The van der Waals surface area contributed by atoms with Crippen molar-refractivity contribution in [1.82, 2.24) is 5.32 Å². The maximum Gasteiger partial charge on any atom is 0.226 e. The van der Waals surface area contributed by atoms with E-state index in [-0.39, 0.29) is 24.0 Å². The van der Waals surface area contributed by atoms with Gasteiger partial charge in [-0.25, -0.2) is 0 Å². The van der Waals surface area contributed by atoms with E-state index in [1.165, 1.54) is 0 Å². The van der Waals surface area contributed by atoms with Crippen molar-refractivity contribution in [3.8, 4) is 0 Å². The molecular weight excluding hydrogens is 228 g/mol. The number of nitrogen functional groups attached to an aromatic ring is 1. The number of benzene rings is 1. The summed E-state index contributed by atoms with van der Waals surface area (Å²) >= 11 is 0. The molecule has 4 heteroatoms. The first kappa shape index (κ1) is 12.9. The largest absolute Gasteiger partial charge is 0.398 e. The van der Waals surface area contributed by atoms with Gasteiger partial charge >= 0.3 is 0 Å². The van der Waals surface area contributed by atoms with Crippen LogP contribution in [0.1, 0.15) is 31.9 Å². The third-order valence-corrected chi connectivity index (χ3v) is 3.39. The van der Waals surface area contributed by atoms with Gasteiger partial charge in [-0.1, -0.05) is 18.2 Å². The van der Waals surface area contributed by atoms with Gasteiger partial charge < -0.3 is 15.8 Å². The van der Waals surface area contributed by atoms with Gasteiger partial charge in [-0.2, -0.15) is 0 Å². The average Bonchev–Trinajstić information content (AvgIpc) is 2.76. The van der Waals surface area contributed by atoms with Gasteiger partial charge in [0.2, 0.25) is 5.91 Å². The van der Waals surface area contributed by atoms with E-state index in [2.05, 4.69) is 5.32 Å². The molecule has 18 heavy (non-hydrogen) atoms. The van der Waals surface area contributed by atoms with Gasteiger partial charge in [-0.3, -0.25) is 4.79 Å². The van der Waals surface area contributed by atoms with Crippen LogP contribution in [0.5, 0.6) is 0 Å². The number of nitrogens with two attached hydrogens (primary N) is 1. The Kier molecular flexibility index (Phi) is 3.87.